The molecule has 1 saturated carbocycles. The second-order valence-electron chi connectivity index (χ2n) is 4.24. The minimum absolute atomic E-state index is 0.0683. The van der Waals surface area contributed by atoms with Crippen LogP contribution in [0.25, 0.3) is 0 Å². The molecule has 2 rings (SSSR count). The van der Waals surface area contributed by atoms with Crippen molar-refractivity contribution in [1.82, 2.24) is 0 Å². The van der Waals surface area contributed by atoms with Crippen molar-refractivity contribution in [3.05, 3.63) is 22.6 Å². The van der Waals surface area contributed by atoms with E-state index in [2.05, 4.69) is 22.9 Å². The van der Waals surface area contributed by atoms with Crippen molar-refractivity contribution in [3.63, 3.8) is 0 Å². The summed E-state index contributed by atoms with van der Waals surface area (Å²) in [5.41, 5.74) is 6.19. The average Bonchev–Trinajstić information content (AvgIpc) is 2.73. The van der Waals surface area contributed by atoms with Gasteiger partial charge >= 0.3 is 0 Å². The van der Waals surface area contributed by atoms with Crippen molar-refractivity contribution in [3.8, 4) is 0 Å². The summed E-state index contributed by atoms with van der Waals surface area (Å²) in [4.78, 5) is 0. The van der Waals surface area contributed by atoms with E-state index in [9.17, 15) is 0 Å². The molecule has 78 valence electrons. The van der Waals surface area contributed by atoms with Gasteiger partial charge in [-0.05, 0) is 46.3 Å². The van der Waals surface area contributed by atoms with E-state index >= 15 is 0 Å². The molecule has 0 aliphatic heterocycles. The number of nitrogens with two attached hydrogens (primary N) is 1. The summed E-state index contributed by atoms with van der Waals surface area (Å²) in [6.45, 7) is 2.29. The fourth-order valence-corrected chi connectivity index (χ4v) is 2.75. The van der Waals surface area contributed by atoms with Crippen LogP contribution in [0, 0.1) is 11.8 Å². The molecule has 0 bridgehead atoms. The topological polar surface area (TPSA) is 39.2 Å². The van der Waals surface area contributed by atoms with Crippen LogP contribution >= 0.6 is 15.9 Å². The van der Waals surface area contributed by atoms with Gasteiger partial charge in [-0.1, -0.05) is 19.8 Å². The number of hydrogen-bond acceptors (Lipinski definition) is 2. The first-order chi connectivity index (χ1) is 6.68. The largest absolute Gasteiger partial charge is 0.453 e. The van der Waals surface area contributed by atoms with Gasteiger partial charge in [0, 0.05) is 0 Å². The first-order valence-electron chi connectivity index (χ1n) is 5.19. The molecular formula is C11H16BrNO. The van der Waals surface area contributed by atoms with Gasteiger partial charge in [0.1, 0.15) is 5.76 Å². The van der Waals surface area contributed by atoms with Crippen LogP contribution in [-0.4, -0.2) is 0 Å². The quantitative estimate of drug-likeness (QED) is 0.882. The lowest BCUT2D eigenvalue weighted by Gasteiger charge is -2.21. The lowest BCUT2D eigenvalue weighted by Crippen LogP contribution is -2.22. The Bertz CT molecular complexity index is 310. The fourth-order valence-electron chi connectivity index (χ4n) is 2.43. The molecule has 0 aromatic carbocycles. The number of halogens is 1. The maximum atomic E-state index is 6.19. The summed E-state index contributed by atoms with van der Waals surface area (Å²) < 4.78 is 6.27. The molecule has 3 heteroatoms. The smallest absolute Gasteiger partial charge is 0.169 e. The Hall–Kier alpha value is -0.280. The molecule has 3 unspecified atom stereocenters. The summed E-state index contributed by atoms with van der Waals surface area (Å²) in [6, 6.07) is 3.95. The molecule has 1 aromatic rings. The lowest BCUT2D eigenvalue weighted by atomic mass is 9.89. The maximum Gasteiger partial charge on any atom is 0.169 e. The van der Waals surface area contributed by atoms with Gasteiger partial charge in [-0.25, -0.2) is 0 Å². The molecule has 1 aromatic heterocycles. The second kappa shape index (κ2) is 4.07. The molecule has 1 heterocycles. The van der Waals surface area contributed by atoms with E-state index < -0.39 is 0 Å². The van der Waals surface area contributed by atoms with Crippen LogP contribution in [0.3, 0.4) is 0 Å². The zero-order chi connectivity index (χ0) is 10.1. The van der Waals surface area contributed by atoms with Crippen molar-refractivity contribution in [2.75, 3.05) is 0 Å². The predicted octanol–water partition coefficient (Wildman–Crippen LogP) is 3.48. The van der Waals surface area contributed by atoms with Gasteiger partial charge in [-0.3, -0.25) is 0 Å². The van der Waals surface area contributed by atoms with Gasteiger partial charge in [-0.2, -0.15) is 0 Å². The second-order valence-corrected chi connectivity index (χ2v) is 5.02. The van der Waals surface area contributed by atoms with E-state index in [1.54, 1.807) is 0 Å². The molecule has 1 aliphatic rings. The van der Waals surface area contributed by atoms with Crippen molar-refractivity contribution < 1.29 is 4.42 Å². The van der Waals surface area contributed by atoms with Crippen LogP contribution in [0.4, 0.5) is 0 Å². The molecule has 0 amide bonds. The summed E-state index contributed by atoms with van der Waals surface area (Å²) in [7, 11) is 0. The van der Waals surface area contributed by atoms with Gasteiger partial charge < -0.3 is 10.2 Å². The highest BCUT2D eigenvalue weighted by Gasteiger charge is 2.31. The molecule has 2 N–H and O–H groups in total. The third-order valence-electron chi connectivity index (χ3n) is 3.31. The monoisotopic (exact) mass is 257 g/mol. The minimum atomic E-state index is 0.0683. The van der Waals surface area contributed by atoms with Gasteiger partial charge in [-0.15, -0.1) is 0 Å². The molecule has 1 aliphatic carbocycles. The Kier molecular flexibility index (Phi) is 2.98. The van der Waals surface area contributed by atoms with Gasteiger partial charge in [0.25, 0.3) is 0 Å². The summed E-state index contributed by atoms with van der Waals surface area (Å²) in [6.07, 6.45) is 3.85. The minimum Gasteiger partial charge on any atom is -0.453 e. The van der Waals surface area contributed by atoms with Crippen LogP contribution < -0.4 is 5.73 Å². The molecule has 1 fully saturated rings. The molecular weight excluding hydrogens is 242 g/mol. The van der Waals surface area contributed by atoms with Crippen molar-refractivity contribution in [2.24, 2.45) is 17.6 Å². The summed E-state index contributed by atoms with van der Waals surface area (Å²) >= 11 is 3.30. The molecule has 14 heavy (non-hydrogen) atoms. The Morgan fingerprint density at radius 3 is 2.79 bits per heavy atom. The summed E-state index contributed by atoms with van der Waals surface area (Å²) in [5, 5.41) is 0. The Balaban J connectivity index is 2.11. The Morgan fingerprint density at radius 2 is 2.29 bits per heavy atom. The highest BCUT2D eigenvalue weighted by atomic mass is 79.9. The van der Waals surface area contributed by atoms with E-state index in [-0.39, 0.29) is 6.04 Å². The fraction of sp³-hybridized carbons (Fsp3) is 0.636. The van der Waals surface area contributed by atoms with Crippen molar-refractivity contribution in [2.45, 2.75) is 32.2 Å². The normalized spacial score (nSPS) is 29.4. The third-order valence-corrected chi connectivity index (χ3v) is 3.74. The predicted molar refractivity (Wildman–Crippen MR) is 59.8 cm³/mol. The lowest BCUT2D eigenvalue weighted by molar-refractivity contribution is 0.307. The maximum absolute atomic E-state index is 6.19. The highest BCUT2D eigenvalue weighted by molar-refractivity contribution is 9.10. The average molecular weight is 258 g/mol. The number of rotatable bonds is 2. The Labute approximate surface area is 93.0 Å². The van der Waals surface area contributed by atoms with Crippen LogP contribution in [0.15, 0.2) is 21.2 Å². The molecule has 0 saturated heterocycles. The van der Waals surface area contributed by atoms with E-state index in [4.69, 9.17) is 10.2 Å². The first-order valence-corrected chi connectivity index (χ1v) is 5.98. The van der Waals surface area contributed by atoms with Crippen LogP contribution in [0.2, 0.25) is 0 Å². The zero-order valence-electron chi connectivity index (χ0n) is 8.37. The number of furan rings is 1. The van der Waals surface area contributed by atoms with Gasteiger partial charge in [0.05, 0.1) is 6.04 Å². The zero-order valence-corrected chi connectivity index (χ0v) is 9.96. The first kappa shape index (κ1) is 10.2. The van der Waals surface area contributed by atoms with E-state index in [0.29, 0.717) is 5.92 Å². The van der Waals surface area contributed by atoms with E-state index in [0.717, 1.165) is 16.3 Å². The van der Waals surface area contributed by atoms with Crippen LogP contribution in [-0.2, 0) is 0 Å². The van der Waals surface area contributed by atoms with Crippen molar-refractivity contribution >= 4 is 15.9 Å². The standard InChI is InChI=1S/C11H16BrNO/c1-7-3-2-4-8(7)11(13)9-5-6-10(12)14-9/h5-8,11H,2-4,13H2,1H3. The molecule has 3 atom stereocenters. The van der Waals surface area contributed by atoms with E-state index in [1.807, 2.05) is 12.1 Å². The van der Waals surface area contributed by atoms with Gasteiger partial charge in [0.15, 0.2) is 4.67 Å². The SMILES string of the molecule is CC1CCCC1C(N)c1ccc(Br)o1. The Morgan fingerprint density at radius 1 is 1.50 bits per heavy atom. The van der Waals surface area contributed by atoms with Crippen molar-refractivity contribution in [1.29, 1.82) is 0 Å². The van der Waals surface area contributed by atoms with E-state index in [1.165, 1.54) is 19.3 Å². The van der Waals surface area contributed by atoms with Crippen LogP contribution in [0.1, 0.15) is 38.0 Å². The number of hydrogen-bond donors (Lipinski definition) is 1. The highest BCUT2D eigenvalue weighted by Crippen LogP contribution is 2.39. The third kappa shape index (κ3) is 1.89. The molecule has 0 spiro atoms. The molecule has 2 nitrogen and oxygen atoms in total. The van der Waals surface area contributed by atoms with Gasteiger partial charge in [0.2, 0.25) is 0 Å². The molecule has 0 radical (unpaired) electrons. The van der Waals surface area contributed by atoms with Crippen LogP contribution in [0.5, 0.6) is 0 Å². The summed E-state index contributed by atoms with van der Waals surface area (Å²) in [5.74, 6) is 2.23.